The van der Waals surface area contributed by atoms with E-state index in [0.29, 0.717) is 17.3 Å². The molecule has 0 aliphatic carbocycles. The van der Waals surface area contributed by atoms with Crippen LogP contribution < -0.4 is 10.6 Å². The van der Waals surface area contributed by atoms with Crippen LogP contribution in [0.1, 0.15) is 47.0 Å². The van der Waals surface area contributed by atoms with Crippen LogP contribution in [0.4, 0.5) is 17.4 Å². The zero-order valence-electron chi connectivity index (χ0n) is 21.0. The minimum atomic E-state index is -0.135. The highest BCUT2D eigenvalue weighted by Crippen LogP contribution is 2.26. The average Bonchev–Trinajstić information content (AvgIpc) is 3.32. The van der Waals surface area contributed by atoms with Gasteiger partial charge >= 0.3 is 0 Å². The van der Waals surface area contributed by atoms with Crippen LogP contribution in [0.2, 0.25) is 0 Å². The number of nitrogens with zero attached hydrogens (tertiary/aromatic N) is 3. The first kappa shape index (κ1) is 24.7. The summed E-state index contributed by atoms with van der Waals surface area (Å²) in [5.41, 5.74) is 4.42. The molecule has 1 aromatic heterocycles. The molecule has 1 atom stereocenters. The number of carbonyl (C=O) groups is 1. The zero-order valence-corrected chi connectivity index (χ0v) is 21.0. The summed E-state index contributed by atoms with van der Waals surface area (Å²) in [6.07, 6.45) is 5.80. The van der Waals surface area contributed by atoms with Crippen molar-refractivity contribution < 1.29 is 9.21 Å². The van der Waals surface area contributed by atoms with Crippen LogP contribution in [0.5, 0.6) is 0 Å². The molecule has 0 radical (unpaired) electrons. The Hall–Kier alpha value is -3.42. The number of hydrogen-bond donors (Lipinski definition) is 2. The SMILES string of the molecule is C/C=C\C(C)c1cnc(Nc2cc(NC(=O)c3ccc(CN4CCN(C)CC4)cc3)ccc2C)o1. The van der Waals surface area contributed by atoms with Gasteiger partial charge in [0, 0.05) is 55.6 Å². The van der Waals surface area contributed by atoms with Gasteiger partial charge in [0.1, 0.15) is 5.76 Å². The zero-order chi connectivity index (χ0) is 24.8. The third kappa shape index (κ3) is 6.59. The Balaban J connectivity index is 1.37. The molecule has 184 valence electrons. The summed E-state index contributed by atoms with van der Waals surface area (Å²) in [6.45, 7) is 11.3. The molecule has 35 heavy (non-hydrogen) atoms. The molecular weight excluding hydrogens is 438 g/mol. The largest absolute Gasteiger partial charge is 0.428 e. The topological polar surface area (TPSA) is 73.6 Å². The molecule has 2 aromatic carbocycles. The van der Waals surface area contributed by atoms with E-state index >= 15 is 0 Å². The molecule has 1 amide bonds. The van der Waals surface area contributed by atoms with Crippen LogP contribution in [-0.4, -0.2) is 53.9 Å². The second-order valence-corrected chi connectivity index (χ2v) is 9.27. The maximum atomic E-state index is 12.9. The number of oxazole rings is 1. The molecule has 0 saturated carbocycles. The van der Waals surface area contributed by atoms with Crippen LogP contribution in [0.3, 0.4) is 0 Å². The van der Waals surface area contributed by atoms with E-state index in [-0.39, 0.29) is 11.8 Å². The second-order valence-electron chi connectivity index (χ2n) is 9.27. The van der Waals surface area contributed by atoms with E-state index in [1.54, 1.807) is 6.20 Å². The number of piperazine rings is 1. The van der Waals surface area contributed by atoms with E-state index in [2.05, 4.69) is 45.5 Å². The quantitative estimate of drug-likeness (QED) is 0.427. The fraction of sp³-hybridized carbons (Fsp3) is 0.357. The normalized spacial score (nSPS) is 15.9. The van der Waals surface area contributed by atoms with Gasteiger partial charge in [-0.15, -0.1) is 0 Å². The fourth-order valence-corrected chi connectivity index (χ4v) is 4.12. The number of likely N-dealkylation sites (N-methyl/N-ethyl adjacent to an activating group) is 1. The second kappa shape index (κ2) is 11.3. The van der Waals surface area contributed by atoms with E-state index in [9.17, 15) is 4.79 Å². The van der Waals surface area contributed by atoms with Gasteiger partial charge in [0.15, 0.2) is 0 Å². The summed E-state index contributed by atoms with van der Waals surface area (Å²) in [5.74, 6) is 0.816. The Labute approximate surface area is 207 Å². The van der Waals surface area contributed by atoms with Crippen molar-refractivity contribution in [1.82, 2.24) is 14.8 Å². The smallest absolute Gasteiger partial charge is 0.299 e. The van der Waals surface area contributed by atoms with Crippen LogP contribution in [0.15, 0.2) is 65.2 Å². The standard InChI is InChI=1S/C28H35N5O2/c1-5-6-21(3)26-18-29-28(35-26)31-25-17-24(12-7-20(25)2)30-27(34)23-10-8-22(9-11-23)19-33-15-13-32(4)14-16-33/h5-12,17-18,21H,13-16,19H2,1-4H3,(H,29,31)(H,30,34)/b6-5-. The van der Waals surface area contributed by atoms with Crippen LogP contribution in [0, 0.1) is 6.92 Å². The molecule has 1 unspecified atom stereocenters. The van der Waals surface area contributed by atoms with Crippen molar-refractivity contribution in [3.63, 3.8) is 0 Å². The first-order valence-electron chi connectivity index (χ1n) is 12.2. The van der Waals surface area contributed by atoms with Crippen molar-refractivity contribution >= 4 is 23.3 Å². The van der Waals surface area contributed by atoms with Crippen molar-refractivity contribution in [2.45, 2.75) is 33.2 Å². The first-order valence-corrected chi connectivity index (χ1v) is 12.2. The van der Waals surface area contributed by atoms with Crippen molar-refractivity contribution in [3.8, 4) is 0 Å². The molecule has 1 fully saturated rings. The molecule has 2 N–H and O–H groups in total. The monoisotopic (exact) mass is 473 g/mol. The third-order valence-corrected chi connectivity index (χ3v) is 6.41. The van der Waals surface area contributed by atoms with Gasteiger partial charge in [0.2, 0.25) is 0 Å². The Morgan fingerprint density at radius 2 is 1.89 bits per heavy atom. The van der Waals surface area contributed by atoms with Gasteiger partial charge in [0.05, 0.1) is 6.20 Å². The maximum absolute atomic E-state index is 12.9. The van der Waals surface area contributed by atoms with Crippen LogP contribution in [-0.2, 0) is 6.54 Å². The number of nitrogens with one attached hydrogen (secondary N) is 2. The Morgan fingerprint density at radius 3 is 2.60 bits per heavy atom. The predicted octanol–water partition coefficient (Wildman–Crippen LogP) is 5.41. The van der Waals surface area contributed by atoms with Gasteiger partial charge in [0.25, 0.3) is 11.9 Å². The molecule has 1 aliphatic rings. The first-order chi connectivity index (χ1) is 16.9. The molecule has 1 aliphatic heterocycles. The third-order valence-electron chi connectivity index (χ3n) is 6.41. The van der Waals surface area contributed by atoms with Crippen LogP contribution >= 0.6 is 0 Å². The Morgan fingerprint density at radius 1 is 1.14 bits per heavy atom. The average molecular weight is 474 g/mol. The summed E-state index contributed by atoms with van der Waals surface area (Å²) in [6, 6.07) is 14.1. The van der Waals surface area contributed by atoms with Crippen molar-refractivity contribution in [2.75, 3.05) is 43.9 Å². The number of hydrogen-bond acceptors (Lipinski definition) is 6. The summed E-state index contributed by atoms with van der Waals surface area (Å²) < 4.78 is 5.85. The predicted molar refractivity (Wildman–Crippen MR) is 141 cm³/mol. The molecule has 3 aromatic rings. The highest BCUT2D eigenvalue weighted by Gasteiger charge is 2.15. The number of benzene rings is 2. The van der Waals surface area contributed by atoms with Crippen molar-refractivity contribution in [3.05, 3.63) is 83.3 Å². The molecule has 0 spiro atoms. The Bertz CT molecular complexity index is 1160. The van der Waals surface area contributed by atoms with Gasteiger partial charge in [-0.3, -0.25) is 9.69 Å². The minimum absolute atomic E-state index is 0.135. The molecule has 2 heterocycles. The number of amides is 1. The molecule has 0 bridgehead atoms. The van der Waals surface area contributed by atoms with E-state index in [4.69, 9.17) is 4.42 Å². The number of aromatic nitrogens is 1. The molecule has 7 heteroatoms. The van der Waals surface area contributed by atoms with Gasteiger partial charge < -0.3 is 20.0 Å². The molecule has 1 saturated heterocycles. The Kier molecular flexibility index (Phi) is 8.00. The number of allylic oxidation sites excluding steroid dienone is 2. The maximum Gasteiger partial charge on any atom is 0.299 e. The van der Waals surface area contributed by atoms with Gasteiger partial charge in [-0.1, -0.05) is 37.3 Å². The summed E-state index contributed by atoms with van der Waals surface area (Å²) in [7, 11) is 2.16. The van der Waals surface area contributed by atoms with E-state index in [1.165, 1.54) is 5.56 Å². The molecule has 7 nitrogen and oxygen atoms in total. The lowest BCUT2D eigenvalue weighted by Gasteiger charge is -2.32. The number of carbonyl (C=O) groups excluding carboxylic acids is 1. The number of anilines is 3. The van der Waals surface area contributed by atoms with Gasteiger partial charge in [-0.2, -0.15) is 0 Å². The van der Waals surface area contributed by atoms with E-state index in [0.717, 1.165) is 49.7 Å². The molecular formula is C28H35N5O2. The van der Waals surface area contributed by atoms with Gasteiger partial charge in [-0.25, -0.2) is 4.98 Å². The fourth-order valence-electron chi connectivity index (χ4n) is 4.12. The minimum Gasteiger partial charge on any atom is -0.428 e. The highest BCUT2D eigenvalue weighted by molar-refractivity contribution is 6.04. The molecule has 4 rings (SSSR count). The van der Waals surface area contributed by atoms with Crippen molar-refractivity contribution in [2.24, 2.45) is 0 Å². The highest BCUT2D eigenvalue weighted by atomic mass is 16.4. The number of rotatable bonds is 8. The van der Waals surface area contributed by atoms with Gasteiger partial charge in [-0.05, 0) is 56.3 Å². The summed E-state index contributed by atoms with van der Waals surface area (Å²) >= 11 is 0. The number of aryl methyl sites for hydroxylation is 1. The van der Waals surface area contributed by atoms with Crippen LogP contribution in [0.25, 0.3) is 0 Å². The van der Waals surface area contributed by atoms with E-state index < -0.39 is 0 Å². The lowest BCUT2D eigenvalue weighted by molar-refractivity contribution is 0.102. The van der Waals surface area contributed by atoms with E-state index in [1.807, 2.05) is 62.4 Å². The lowest BCUT2D eigenvalue weighted by atomic mass is 10.1. The lowest BCUT2D eigenvalue weighted by Crippen LogP contribution is -2.43. The summed E-state index contributed by atoms with van der Waals surface area (Å²) in [4.78, 5) is 22.0. The van der Waals surface area contributed by atoms with Crippen molar-refractivity contribution in [1.29, 1.82) is 0 Å². The summed E-state index contributed by atoms with van der Waals surface area (Å²) in [5, 5.41) is 6.23.